The van der Waals surface area contributed by atoms with Crippen molar-refractivity contribution in [3.63, 3.8) is 0 Å². The number of hydrogen-bond donors (Lipinski definition) is 0. The van der Waals surface area contributed by atoms with Crippen LogP contribution in [0.25, 0.3) is 77.2 Å². The van der Waals surface area contributed by atoms with Crippen molar-refractivity contribution in [2.24, 2.45) is 0 Å². The number of nitrogens with zero attached hydrogens (tertiary/aromatic N) is 2. The zero-order chi connectivity index (χ0) is 41.7. The van der Waals surface area contributed by atoms with Gasteiger partial charge in [-0.05, 0) is 73.8 Å². The molecular weight excluding hydrogens is 777 g/mol. The number of benzene rings is 10. The van der Waals surface area contributed by atoms with E-state index in [0.717, 1.165) is 5.69 Å². The highest BCUT2D eigenvalue weighted by atomic mass is 28.3. The Morgan fingerprint density at radius 2 is 0.714 bits per heavy atom. The van der Waals surface area contributed by atoms with Crippen LogP contribution in [0.15, 0.2) is 255 Å². The maximum absolute atomic E-state index is 2.76. The minimum absolute atomic E-state index is 1.15. The Morgan fingerprint density at radius 3 is 1.33 bits per heavy atom. The van der Waals surface area contributed by atoms with Gasteiger partial charge in [-0.3, -0.25) is 0 Å². The monoisotopic (exact) mass is 818 g/mol. The van der Waals surface area contributed by atoms with E-state index in [1.165, 1.54) is 92.3 Å². The van der Waals surface area contributed by atoms with Gasteiger partial charge >= 0.3 is 0 Å². The van der Waals surface area contributed by atoms with Gasteiger partial charge in [0.2, 0.25) is 0 Å². The Kier molecular flexibility index (Phi) is 8.87. The lowest BCUT2D eigenvalue weighted by Gasteiger charge is -2.34. The standard InChI is InChI=1S/C60H42N2Si/c1-6-22-43(23-7-1)49-34-20-37-56(59(49)44-24-8-2-9-25-44)62-54-36-19-17-33-51(54)60-57(38-21-39-58(60)62)61-53-35-18-16-32-50(53)52-42-48(40-41-55(52)61)63(45-26-10-3-11-27-45,46-28-12-4-13-29-46)47-30-14-5-15-31-47/h1-42H. The summed E-state index contributed by atoms with van der Waals surface area (Å²) in [4.78, 5) is 0. The van der Waals surface area contributed by atoms with Crippen LogP contribution < -0.4 is 20.7 Å². The molecule has 0 aliphatic rings. The molecule has 12 rings (SSSR count). The van der Waals surface area contributed by atoms with E-state index in [4.69, 9.17) is 0 Å². The molecule has 10 aromatic carbocycles. The first kappa shape index (κ1) is 36.8. The molecule has 0 fully saturated rings. The van der Waals surface area contributed by atoms with Crippen LogP contribution in [0.5, 0.6) is 0 Å². The normalized spacial score (nSPS) is 11.8. The summed E-state index contributed by atoms with van der Waals surface area (Å²) < 4.78 is 5.01. The summed E-state index contributed by atoms with van der Waals surface area (Å²) in [5.41, 5.74) is 11.9. The van der Waals surface area contributed by atoms with E-state index in [9.17, 15) is 0 Å². The summed E-state index contributed by atoms with van der Waals surface area (Å²) in [6.45, 7) is 0. The van der Waals surface area contributed by atoms with Gasteiger partial charge in [0.05, 0.1) is 33.4 Å². The second-order valence-corrected chi connectivity index (χ2v) is 20.2. The molecule has 0 spiro atoms. The van der Waals surface area contributed by atoms with Crippen LogP contribution in [0, 0.1) is 0 Å². The Bertz CT molecular complexity index is 3500. The van der Waals surface area contributed by atoms with Crippen molar-refractivity contribution in [1.82, 2.24) is 9.13 Å². The third kappa shape index (κ3) is 5.78. The number of para-hydroxylation sites is 2. The average molecular weight is 819 g/mol. The molecule has 2 aromatic heterocycles. The van der Waals surface area contributed by atoms with Gasteiger partial charge in [0.1, 0.15) is 0 Å². The fraction of sp³-hybridized carbons (Fsp3) is 0. The van der Waals surface area contributed by atoms with E-state index < -0.39 is 8.07 Å². The van der Waals surface area contributed by atoms with Gasteiger partial charge < -0.3 is 9.13 Å². The molecule has 0 saturated heterocycles. The molecule has 0 amide bonds. The summed E-state index contributed by atoms with van der Waals surface area (Å²) in [6, 6.07) is 94.2. The first-order valence-corrected chi connectivity index (χ1v) is 23.8. The largest absolute Gasteiger partial charge is 0.309 e. The second-order valence-electron chi connectivity index (χ2n) is 16.4. The van der Waals surface area contributed by atoms with Crippen LogP contribution in [0.2, 0.25) is 0 Å². The molecule has 0 saturated carbocycles. The summed E-state index contributed by atoms with van der Waals surface area (Å²) >= 11 is 0. The van der Waals surface area contributed by atoms with E-state index >= 15 is 0 Å². The van der Waals surface area contributed by atoms with E-state index in [0.29, 0.717) is 0 Å². The summed E-state index contributed by atoms with van der Waals surface area (Å²) in [7, 11) is -2.76. The van der Waals surface area contributed by atoms with Crippen molar-refractivity contribution >= 4 is 72.4 Å². The van der Waals surface area contributed by atoms with Crippen molar-refractivity contribution in [1.29, 1.82) is 0 Å². The average Bonchev–Trinajstić information content (AvgIpc) is 3.88. The molecule has 0 N–H and O–H groups in total. The van der Waals surface area contributed by atoms with Gasteiger partial charge in [-0.1, -0.05) is 218 Å². The molecule has 0 aliphatic carbocycles. The Hall–Kier alpha value is -7.98. The highest BCUT2D eigenvalue weighted by molar-refractivity contribution is 7.20. The van der Waals surface area contributed by atoms with Gasteiger partial charge in [0.25, 0.3) is 0 Å². The second kappa shape index (κ2) is 15.2. The molecular formula is C60H42N2Si. The SMILES string of the molecule is c1ccc(-c2cccc(-n3c4ccccc4c4c(-n5c6ccccc6c6cc([Si](c7ccccc7)(c7ccccc7)c7ccccc7)ccc65)cccc43)c2-c2ccccc2)cc1. The van der Waals surface area contributed by atoms with E-state index in [1.54, 1.807) is 0 Å². The van der Waals surface area contributed by atoms with Crippen LogP contribution in [-0.2, 0) is 0 Å². The van der Waals surface area contributed by atoms with Crippen LogP contribution in [-0.4, -0.2) is 17.2 Å². The molecule has 0 aliphatic heterocycles. The molecule has 2 heterocycles. The van der Waals surface area contributed by atoms with Crippen LogP contribution in [0.3, 0.4) is 0 Å². The Labute approximate surface area is 368 Å². The maximum atomic E-state index is 2.53. The highest BCUT2D eigenvalue weighted by Gasteiger charge is 2.41. The number of rotatable bonds is 8. The van der Waals surface area contributed by atoms with Gasteiger partial charge in [-0.25, -0.2) is 0 Å². The lowest BCUT2D eigenvalue weighted by atomic mass is 9.93. The third-order valence-electron chi connectivity index (χ3n) is 13.1. The fourth-order valence-corrected chi connectivity index (χ4v) is 15.2. The van der Waals surface area contributed by atoms with E-state index in [1.807, 2.05) is 0 Å². The first-order valence-electron chi connectivity index (χ1n) is 21.8. The fourth-order valence-electron chi connectivity index (χ4n) is 10.5. The number of fused-ring (bicyclic) bond motifs is 6. The van der Waals surface area contributed by atoms with Crippen molar-refractivity contribution in [3.05, 3.63) is 255 Å². The topological polar surface area (TPSA) is 9.86 Å². The molecule has 63 heavy (non-hydrogen) atoms. The molecule has 0 unspecified atom stereocenters. The Morgan fingerprint density at radius 1 is 0.270 bits per heavy atom. The lowest BCUT2D eigenvalue weighted by Crippen LogP contribution is -2.74. The molecule has 2 nitrogen and oxygen atoms in total. The quantitative estimate of drug-likeness (QED) is 0.107. The van der Waals surface area contributed by atoms with Crippen molar-refractivity contribution in [2.75, 3.05) is 0 Å². The smallest absolute Gasteiger partial charge is 0.179 e. The molecule has 3 heteroatoms. The minimum Gasteiger partial charge on any atom is -0.309 e. The third-order valence-corrected chi connectivity index (χ3v) is 17.8. The van der Waals surface area contributed by atoms with Crippen molar-refractivity contribution in [3.8, 4) is 33.6 Å². The first-order chi connectivity index (χ1) is 31.3. The predicted molar refractivity (Wildman–Crippen MR) is 270 cm³/mol. The molecule has 0 atom stereocenters. The van der Waals surface area contributed by atoms with E-state index in [-0.39, 0.29) is 0 Å². The van der Waals surface area contributed by atoms with Crippen molar-refractivity contribution in [2.45, 2.75) is 0 Å². The zero-order valence-electron chi connectivity index (χ0n) is 34.6. The van der Waals surface area contributed by atoms with E-state index in [2.05, 4.69) is 264 Å². The van der Waals surface area contributed by atoms with Gasteiger partial charge in [-0.15, -0.1) is 0 Å². The molecule has 296 valence electrons. The van der Waals surface area contributed by atoms with Crippen LogP contribution in [0.4, 0.5) is 0 Å². The van der Waals surface area contributed by atoms with Gasteiger partial charge in [-0.2, -0.15) is 0 Å². The molecule has 0 bridgehead atoms. The lowest BCUT2D eigenvalue weighted by molar-refractivity contribution is 1.17. The number of aromatic nitrogens is 2. The molecule has 12 aromatic rings. The van der Waals surface area contributed by atoms with Gasteiger partial charge in [0, 0.05) is 27.1 Å². The van der Waals surface area contributed by atoms with Crippen LogP contribution >= 0.6 is 0 Å². The predicted octanol–water partition coefficient (Wildman–Crippen LogP) is 12.6. The van der Waals surface area contributed by atoms with Crippen molar-refractivity contribution < 1.29 is 0 Å². The maximum Gasteiger partial charge on any atom is 0.179 e. The number of hydrogen-bond acceptors (Lipinski definition) is 0. The Balaban J connectivity index is 1.15. The summed E-state index contributed by atoms with van der Waals surface area (Å²) in [6.07, 6.45) is 0. The highest BCUT2D eigenvalue weighted by Crippen LogP contribution is 2.43. The molecule has 0 radical (unpaired) electrons. The zero-order valence-corrected chi connectivity index (χ0v) is 35.6. The van der Waals surface area contributed by atoms with Crippen LogP contribution in [0.1, 0.15) is 0 Å². The summed E-state index contributed by atoms with van der Waals surface area (Å²) in [5.74, 6) is 0. The van der Waals surface area contributed by atoms with Gasteiger partial charge in [0.15, 0.2) is 8.07 Å². The summed E-state index contributed by atoms with van der Waals surface area (Å²) in [5, 5.41) is 10.4. The minimum atomic E-state index is -2.76.